The summed E-state index contributed by atoms with van der Waals surface area (Å²) in [4.78, 5) is 13.9. The van der Waals surface area contributed by atoms with Gasteiger partial charge in [-0.05, 0) is 30.0 Å². The quantitative estimate of drug-likeness (QED) is 0.900. The summed E-state index contributed by atoms with van der Waals surface area (Å²) in [6.07, 6.45) is 1.13. The molecule has 0 aliphatic carbocycles. The second kappa shape index (κ2) is 8.12. The zero-order valence-electron chi connectivity index (χ0n) is 12.2. The molecule has 2 amide bonds. The first-order valence-corrected chi connectivity index (χ1v) is 7.07. The minimum Gasteiger partial charge on any atom is -0.322 e. The summed E-state index contributed by atoms with van der Waals surface area (Å²) < 4.78 is 0. The zero-order chi connectivity index (χ0) is 13.7. The van der Waals surface area contributed by atoms with Crippen molar-refractivity contribution in [2.24, 2.45) is 0 Å². The largest absolute Gasteiger partial charge is 0.322 e. The van der Waals surface area contributed by atoms with Crippen LogP contribution in [0.25, 0.3) is 0 Å². The van der Waals surface area contributed by atoms with Crippen LogP contribution in [0.1, 0.15) is 31.7 Å². The second-order valence-electron chi connectivity index (χ2n) is 5.10. The number of carbonyl (C=O) groups excluding carboxylic acids is 1. The van der Waals surface area contributed by atoms with Gasteiger partial charge in [0.1, 0.15) is 0 Å². The van der Waals surface area contributed by atoms with Gasteiger partial charge in [-0.1, -0.05) is 26.0 Å². The Hall–Kier alpha value is -1.26. The van der Waals surface area contributed by atoms with Crippen LogP contribution in [0.3, 0.4) is 0 Å². The molecule has 0 saturated carbocycles. The molecule has 4 nitrogen and oxygen atoms in total. The fourth-order valence-corrected chi connectivity index (χ4v) is 2.20. The number of benzene rings is 1. The van der Waals surface area contributed by atoms with Gasteiger partial charge in [0.15, 0.2) is 0 Å². The van der Waals surface area contributed by atoms with Crippen LogP contribution < -0.4 is 10.6 Å². The molecule has 1 saturated heterocycles. The number of halogens is 1. The molecule has 1 unspecified atom stereocenters. The van der Waals surface area contributed by atoms with Crippen molar-refractivity contribution in [1.82, 2.24) is 10.2 Å². The van der Waals surface area contributed by atoms with Crippen LogP contribution in [0.5, 0.6) is 0 Å². The van der Waals surface area contributed by atoms with E-state index in [0.717, 1.165) is 38.3 Å². The van der Waals surface area contributed by atoms with Crippen LogP contribution in [0.2, 0.25) is 0 Å². The highest BCUT2D eigenvalue weighted by molar-refractivity contribution is 5.89. The predicted molar refractivity (Wildman–Crippen MR) is 85.9 cm³/mol. The molecule has 112 valence electrons. The van der Waals surface area contributed by atoms with Crippen molar-refractivity contribution < 1.29 is 4.79 Å². The highest BCUT2D eigenvalue weighted by Gasteiger charge is 2.15. The van der Waals surface area contributed by atoms with Gasteiger partial charge in [0.25, 0.3) is 0 Å². The molecule has 0 spiro atoms. The van der Waals surface area contributed by atoms with Gasteiger partial charge in [-0.3, -0.25) is 0 Å². The molecule has 5 heteroatoms. The molecule has 1 heterocycles. The monoisotopic (exact) mass is 297 g/mol. The zero-order valence-corrected chi connectivity index (χ0v) is 13.0. The Morgan fingerprint density at radius 3 is 2.45 bits per heavy atom. The minimum absolute atomic E-state index is 0. The Kier molecular flexibility index (Phi) is 6.82. The molecule has 1 aliphatic heterocycles. The van der Waals surface area contributed by atoms with Crippen molar-refractivity contribution in [2.45, 2.75) is 26.2 Å². The Balaban J connectivity index is 0.00000200. The van der Waals surface area contributed by atoms with Crippen LogP contribution in [-0.4, -0.2) is 37.1 Å². The molecule has 0 aromatic heterocycles. The van der Waals surface area contributed by atoms with E-state index in [2.05, 4.69) is 36.6 Å². The summed E-state index contributed by atoms with van der Waals surface area (Å²) in [7, 11) is 0. The fraction of sp³-hybridized carbons (Fsp3) is 0.533. The number of nitrogens with one attached hydrogen (secondary N) is 2. The Labute approximate surface area is 127 Å². The lowest BCUT2D eigenvalue weighted by atomic mass is 9.99. The van der Waals surface area contributed by atoms with Crippen LogP contribution in [0.15, 0.2) is 24.3 Å². The van der Waals surface area contributed by atoms with Crippen LogP contribution in [0.4, 0.5) is 10.5 Å². The molecule has 1 aromatic carbocycles. The van der Waals surface area contributed by atoms with Crippen LogP contribution in [0, 0.1) is 0 Å². The van der Waals surface area contributed by atoms with E-state index in [0.29, 0.717) is 5.92 Å². The number of piperazine rings is 1. The number of urea groups is 1. The molecule has 2 rings (SSSR count). The van der Waals surface area contributed by atoms with E-state index >= 15 is 0 Å². The average molecular weight is 298 g/mol. The number of nitrogens with zero attached hydrogens (tertiary/aromatic N) is 1. The topological polar surface area (TPSA) is 44.4 Å². The van der Waals surface area contributed by atoms with Crippen molar-refractivity contribution in [2.75, 3.05) is 31.5 Å². The Morgan fingerprint density at radius 2 is 1.90 bits per heavy atom. The van der Waals surface area contributed by atoms with E-state index in [-0.39, 0.29) is 18.4 Å². The smallest absolute Gasteiger partial charge is 0.321 e. The lowest BCUT2D eigenvalue weighted by Crippen LogP contribution is -2.48. The molecule has 2 N–H and O–H groups in total. The van der Waals surface area contributed by atoms with Crippen LogP contribution >= 0.6 is 12.4 Å². The summed E-state index contributed by atoms with van der Waals surface area (Å²) in [5, 5.41) is 6.19. The minimum atomic E-state index is -0.00205. The highest BCUT2D eigenvalue weighted by atomic mass is 35.5. The molecule has 1 fully saturated rings. The van der Waals surface area contributed by atoms with Gasteiger partial charge in [0, 0.05) is 31.9 Å². The maximum atomic E-state index is 12.0. The van der Waals surface area contributed by atoms with E-state index in [9.17, 15) is 4.79 Å². The molecular weight excluding hydrogens is 274 g/mol. The standard InChI is InChI=1S/C15H23N3O.ClH/c1-3-12(2)13-4-6-14(7-5-13)17-15(19)18-10-8-16-9-11-18;/h4-7,12,16H,3,8-11H2,1-2H3,(H,17,19);1H. The first-order valence-electron chi connectivity index (χ1n) is 7.07. The summed E-state index contributed by atoms with van der Waals surface area (Å²) in [6, 6.07) is 8.17. The van der Waals surface area contributed by atoms with Gasteiger partial charge in [-0.15, -0.1) is 12.4 Å². The number of carbonyl (C=O) groups is 1. The average Bonchev–Trinajstić information content (AvgIpc) is 2.48. The van der Waals surface area contributed by atoms with Gasteiger partial charge < -0.3 is 15.5 Å². The van der Waals surface area contributed by atoms with Crippen molar-refractivity contribution in [3.63, 3.8) is 0 Å². The molecular formula is C15H24ClN3O. The van der Waals surface area contributed by atoms with Crippen molar-refractivity contribution >= 4 is 24.1 Å². The van der Waals surface area contributed by atoms with Gasteiger partial charge in [0.05, 0.1) is 0 Å². The van der Waals surface area contributed by atoms with Gasteiger partial charge >= 0.3 is 6.03 Å². The summed E-state index contributed by atoms with van der Waals surface area (Å²) in [6.45, 7) is 7.70. The maximum absolute atomic E-state index is 12.0. The first kappa shape index (κ1) is 16.8. The van der Waals surface area contributed by atoms with E-state index in [1.165, 1.54) is 5.56 Å². The number of hydrogen-bond acceptors (Lipinski definition) is 2. The summed E-state index contributed by atoms with van der Waals surface area (Å²) >= 11 is 0. The van der Waals surface area contributed by atoms with Crippen molar-refractivity contribution in [3.05, 3.63) is 29.8 Å². The maximum Gasteiger partial charge on any atom is 0.321 e. The molecule has 1 aromatic rings. The summed E-state index contributed by atoms with van der Waals surface area (Å²) in [5.41, 5.74) is 2.19. The third kappa shape index (κ3) is 4.39. The van der Waals surface area contributed by atoms with Crippen molar-refractivity contribution in [3.8, 4) is 0 Å². The Morgan fingerprint density at radius 1 is 1.30 bits per heavy atom. The fourth-order valence-electron chi connectivity index (χ4n) is 2.20. The number of amides is 2. The van der Waals surface area contributed by atoms with Crippen molar-refractivity contribution in [1.29, 1.82) is 0 Å². The number of rotatable bonds is 3. The van der Waals surface area contributed by atoms with E-state index in [1.807, 2.05) is 17.0 Å². The van der Waals surface area contributed by atoms with E-state index < -0.39 is 0 Å². The van der Waals surface area contributed by atoms with Gasteiger partial charge in [-0.25, -0.2) is 4.79 Å². The van der Waals surface area contributed by atoms with Gasteiger partial charge in [0.2, 0.25) is 0 Å². The lowest BCUT2D eigenvalue weighted by Gasteiger charge is -2.27. The van der Waals surface area contributed by atoms with Gasteiger partial charge in [-0.2, -0.15) is 0 Å². The third-order valence-electron chi connectivity index (χ3n) is 3.75. The van der Waals surface area contributed by atoms with Crippen LogP contribution in [-0.2, 0) is 0 Å². The number of anilines is 1. The lowest BCUT2D eigenvalue weighted by molar-refractivity contribution is 0.204. The summed E-state index contributed by atoms with van der Waals surface area (Å²) in [5.74, 6) is 0.568. The first-order chi connectivity index (χ1) is 9.20. The molecule has 0 bridgehead atoms. The SMILES string of the molecule is CCC(C)c1ccc(NC(=O)N2CCNCC2)cc1.Cl. The number of hydrogen-bond donors (Lipinski definition) is 2. The molecule has 0 radical (unpaired) electrons. The predicted octanol–water partition coefficient (Wildman–Crippen LogP) is 3.06. The molecule has 1 aliphatic rings. The Bertz CT molecular complexity index is 416. The highest BCUT2D eigenvalue weighted by Crippen LogP contribution is 2.20. The third-order valence-corrected chi connectivity index (χ3v) is 3.75. The second-order valence-corrected chi connectivity index (χ2v) is 5.10. The van der Waals surface area contributed by atoms with E-state index in [4.69, 9.17) is 0 Å². The normalized spacial score (nSPS) is 16.2. The molecule has 1 atom stereocenters. The molecule has 20 heavy (non-hydrogen) atoms. The van der Waals surface area contributed by atoms with E-state index in [1.54, 1.807) is 0 Å².